The second-order valence-corrected chi connectivity index (χ2v) is 7.46. The van der Waals surface area contributed by atoms with Crippen LogP contribution in [-0.2, 0) is 12.8 Å². The maximum absolute atomic E-state index is 13.4. The number of aromatic amines is 1. The summed E-state index contributed by atoms with van der Waals surface area (Å²) in [5.74, 6) is 0.562. The summed E-state index contributed by atoms with van der Waals surface area (Å²) < 4.78 is 13.4. The van der Waals surface area contributed by atoms with Gasteiger partial charge in [0.15, 0.2) is 5.96 Å². The standard InChI is InChI=1S/C19H24FN5S/c1-12-18(26-13(2)25-12)7-9-23-19(21-3)22-8-6-14-11-24-17-5-4-15(20)10-16(14)17/h4-5,10-11,24H,6-9H2,1-3H3,(H2,21,22,23). The smallest absolute Gasteiger partial charge is 0.190 e. The third-order valence-corrected chi connectivity index (χ3v) is 5.42. The SMILES string of the molecule is CN=C(NCCc1sc(C)nc1C)NCCc1c[nH]c2ccc(F)cc12. The Balaban J connectivity index is 1.48. The van der Waals surface area contributed by atoms with E-state index >= 15 is 0 Å². The molecule has 7 heteroatoms. The van der Waals surface area contributed by atoms with Crippen molar-refractivity contribution in [3.05, 3.63) is 51.4 Å². The summed E-state index contributed by atoms with van der Waals surface area (Å²) >= 11 is 1.75. The van der Waals surface area contributed by atoms with Gasteiger partial charge in [0.2, 0.25) is 0 Å². The molecule has 5 nitrogen and oxygen atoms in total. The average molecular weight is 374 g/mol. The van der Waals surface area contributed by atoms with Crippen molar-refractivity contribution >= 4 is 28.2 Å². The molecule has 26 heavy (non-hydrogen) atoms. The normalized spacial score (nSPS) is 11.9. The van der Waals surface area contributed by atoms with Crippen LogP contribution in [0.2, 0.25) is 0 Å². The number of halogens is 1. The van der Waals surface area contributed by atoms with Gasteiger partial charge in [-0.25, -0.2) is 9.37 Å². The topological polar surface area (TPSA) is 65.1 Å². The lowest BCUT2D eigenvalue weighted by Crippen LogP contribution is -2.39. The van der Waals surface area contributed by atoms with Crippen LogP contribution in [0, 0.1) is 19.7 Å². The number of H-pyrrole nitrogens is 1. The molecule has 0 atom stereocenters. The van der Waals surface area contributed by atoms with Crippen molar-refractivity contribution in [2.45, 2.75) is 26.7 Å². The van der Waals surface area contributed by atoms with E-state index < -0.39 is 0 Å². The molecule has 3 aromatic rings. The predicted octanol–water partition coefficient (Wildman–Crippen LogP) is 3.33. The number of hydrogen-bond acceptors (Lipinski definition) is 3. The molecular weight excluding hydrogens is 349 g/mol. The minimum atomic E-state index is -0.211. The number of nitrogens with zero attached hydrogens (tertiary/aromatic N) is 2. The highest BCUT2D eigenvalue weighted by Crippen LogP contribution is 2.19. The molecule has 0 aliphatic carbocycles. The van der Waals surface area contributed by atoms with E-state index in [9.17, 15) is 4.39 Å². The number of hydrogen-bond donors (Lipinski definition) is 3. The van der Waals surface area contributed by atoms with Gasteiger partial charge in [-0.15, -0.1) is 11.3 Å². The first-order valence-electron chi connectivity index (χ1n) is 8.69. The monoisotopic (exact) mass is 373 g/mol. The summed E-state index contributed by atoms with van der Waals surface area (Å²) in [5, 5.41) is 8.69. The average Bonchev–Trinajstić information content (AvgIpc) is 3.15. The third kappa shape index (κ3) is 4.40. The third-order valence-electron chi connectivity index (χ3n) is 4.28. The first-order chi connectivity index (χ1) is 12.6. The lowest BCUT2D eigenvalue weighted by Gasteiger charge is -2.11. The lowest BCUT2D eigenvalue weighted by molar-refractivity contribution is 0.629. The number of fused-ring (bicyclic) bond motifs is 1. The van der Waals surface area contributed by atoms with Gasteiger partial charge in [-0.2, -0.15) is 0 Å². The van der Waals surface area contributed by atoms with Gasteiger partial charge >= 0.3 is 0 Å². The van der Waals surface area contributed by atoms with Gasteiger partial charge in [0.05, 0.1) is 10.7 Å². The molecule has 2 heterocycles. The van der Waals surface area contributed by atoms with Gasteiger partial charge in [-0.3, -0.25) is 4.99 Å². The first kappa shape index (κ1) is 18.4. The minimum absolute atomic E-state index is 0.211. The van der Waals surface area contributed by atoms with Crippen LogP contribution in [0.3, 0.4) is 0 Å². The Morgan fingerprint density at radius 2 is 2.00 bits per heavy atom. The van der Waals surface area contributed by atoms with Crippen molar-refractivity contribution in [3.63, 3.8) is 0 Å². The summed E-state index contributed by atoms with van der Waals surface area (Å²) in [5.41, 5.74) is 3.17. The zero-order valence-corrected chi connectivity index (χ0v) is 16.1. The van der Waals surface area contributed by atoms with Crippen molar-refractivity contribution in [3.8, 4) is 0 Å². The van der Waals surface area contributed by atoms with E-state index in [1.807, 2.05) is 13.1 Å². The van der Waals surface area contributed by atoms with Gasteiger partial charge < -0.3 is 15.6 Å². The number of guanidine groups is 1. The molecule has 0 spiro atoms. The molecule has 3 rings (SSSR count). The zero-order chi connectivity index (χ0) is 18.5. The summed E-state index contributed by atoms with van der Waals surface area (Å²) in [6, 6.07) is 4.82. The van der Waals surface area contributed by atoms with Crippen LogP contribution in [0.15, 0.2) is 29.4 Å². The molecule has 3 N–H and O–H groups in total. The van der Waals surface area contributed by atoms with Crippen LogP contribution in [0.5, 0.6) is 0 Å². The molecule has 1 aromatic carbocycles. The van der Waals surface area contributed by atoms with Crippen LogP contribution in [-0.4, -0.2) is 36.1 Å². The van der Waals surface area contributed by atoms with Crippen molar-refractivity contribution < 1.29 is 4.39 Å². The van der Waals surface area contributed by atoms with Gasteiger partial charge in [0.25, 0.3) is 0 Å². The number of nitrogens with one attached hydrogen (secondary N) is 3. The number of benzene rings is 1. The predicted molar refractivity (Wildman–Crippen MR) is 107 cm³/mol. The summed E-state index contributed by atoms with van der Waals surface area (Å²) in [6.07, 6.45) is 3.66. The van der Waals surface area contributed by atoms with Gasteiger partial charge in [0.1, 0.15) is 5.82 Å². The van der Waals surface area contributed by atoms with Gasteiger partial charge in [0, 0.05) is 48.5 Å². The molecule has 0 saturated heterocycles. The maximum Gasteiger partial charge on any atom is 0.190 e. The van der Waals surface area contributed by atoms with Gasteiger partial charge in [-0.1, -0.05) is 0 Å². The zero-order valence-electron chi connectivity index (χ0n) is 15.3. The Bertz CT molecular complexity index is 912. The van der Waals surface area contributed by atoms with E-state index in [0.717, 1.165) is 59.1 Å². The number of thiazole rings is 1. The molecule has 0 amide bonds. The Morgan fingerprint density at radius 3 is 2.69 bits per heavy atom. The molecule has 2 aromatic heterocycles. The fourth-order valence-corrected chi connectivity index (χ4v) is 3.93. The van der Waals surface area contributed by atoms with Crippen molar-refractivity contribution in [2.24, 2.45) is 4.99 Å². The molecule has 0 saturated carbocycles. The van der Waals surface area contributed by atoms with E-state index in [1.54, 1.807) is 30.5 Å². The molecule has 0 aliphatic heterocycles. The van der Waals surface area contributed by atoms with Crippen LogP contribution in [0.4, 0.5) is 4.39 Å². The highest BCUT2D eigenvalue weighted by Gasteiger charge is 2.07. The Labute approximate surface area is 156 Å². The van der Waals surface area contributed by atoms with Crippen molar-refractivity contribution in [2.75, 3.05) is 20.1 Å². The quantitative estimate of drug-likeness (QED) is 0.459. The fraction of sp³-hybridized carbons (Fsp3) is 0.368. The summed E-state index contributed by atoms with van der Waals surface area (Å²) in [7, 11) is 1.76. The van der Waals surface area contributed by atoms with Crippen LogP contribution in [0.1, 0.15) is 21.1 Å². The highest BCUT2D eigenvalue weighted by molar-refractivity contribution is 7.11. The molecule has 0 radical (unpaired) electrons. The summed E-state index contributed by atoms with van der Waals surface area (Å²) in [6.45, 7) is 5.61. The molecule has 0 unspecified atom stereocenters. The van der Waals surface area contributed by atoms with E-state index in [0.29, 0.717) is 0 Å². The van der Waals surface area contributed by atoms with E-state index in [4.69, 9.17) is 0 Å². The Hall–Kier alpha value is -2.41. The molecule has 138 valence electrons. The summed E-state index contributed by atoms with van der Waals surface area (Å²) in [4.78, 5) is 13.2. The van der Waals surface area contributed by atoms with Gasteiger partial charge in [-0.05, 0) is 44.0 Å². The van der Waals surface area contributed by atoms with Crippen LogP contribution < -0.4 is 10.6 Å². The molecule has 0 bridgehead atoms. The number of aromatic nitrogens is 2. The van der Waals surface area contributed by atoms with Crippen LogP contribution in [0.25, 0.3) is 10.9 Å². The maximum atomic E-state index is 13.4. The minimum Gasteiger partial charge on any atom is -0.361 e. The number of rotatable bonds is 6. The second-order valence-electron chi connectivity index (χ2n) is 6.17. The van der Waals surface area contributed by atoms with E-state index in [1.165, 1.54) is 10.9 Å². The second kappa shape index (κ2) is 8.31. The lowest BCUT2D eigenvalue weighted by atomic mass is 10.1. The largest absolute Gasteiger partial charge is 0.361 e. The number of aliphatic imine (C=N–C) groups is 1. The first-order valence-corrected chi connectivity index (χ1v) is 9.51. The molecular formula is C19H24FN5S. The van der Waals surface area contributed by atoms with Crippen molar-refractivity contribution in [1.82, 2.24) is 20.6 Å². The van der Waals surface area contributed by atoms with E-state index in [2.05, 4.69) is 32.5 Å². The molecule has 0 aliphatic rings. The molecule has 0 fully saturated rings. The highest BCUT2D eigenvalue weighted by atomic mass is 32.1. The van der Waals surface area contributed by atoms with E-state index in [-0.39, 0.29) is 5.82 Å². The fourth-order valence-electron chi connectivity index (χ4n) is 2.99. The number of aryl methyl sites for hydroxylation is 2. The van der Waals surface area contributed by atoms with Crippen molar-refractivity contribution in [1.29, 1.82) is 0 Å². The van der Waals surface area contributed by atoms with Crippen LogP contribution >= 0.6 is 11.3 Å². The Morgan fingerprint density at radius 1 is 1.23 bits per heavy atom. The Kier molecular flexibility index (Phi) is 5.88.